The fourth-order valence-corrected chi connectivity index (χ4v) is 7.75. The number of hydrogen-bond donors (Lipinski definition) is 0. The Morgan fingerprint density at radius 3 is 1.73 bits per heavy atom. The lowest BCUT2D eigenvalue weighted by Gasteiger charge is -2.18. The van der Waals surface area contributed by atoms with Gasteiger partial charge in [0.05, 0.1) is 1.37 Å². The smallest absolute Gasteiger partial charge is 0.136 e. The molecule has 0 aliphatic heterocycles. The van der Waals surface area contributed by atoms with Gasteiger partial charge in [0.25, 0.3) is 0 Å². The van der Waals surface area contributed by atoms with Gasteiger partial charge in [0, 0.05) is 10.8 Å². The molecule has 0 amide bonds. The first-order valence-corrected chi connectivity index (χ1v) is 16.8. The van der Waals surface area contributed by atoms with E-state index in [-0.39, 0.29) is 0 Å². The number of hydrogen-bond acceptors (Lipinski definition) is 1. The van der Waals surface area contributed by atoms with Crippen molar-refractivity contribution in [3.05, 3.63) is 182 Å². The monoisotopic (exact) mass is 623 g/mol. The number of rotatable bonds is 4. The second-order valence-corrected chi connectivity index (χ2v) is 12.8. The average molecular weight is 624 g/mol. The lowest BCUT2D eigenvalue weighted by Crippen LogP contribution is -1.91. The zero-order chi connectivity index (χ0) is 33.2. The summed E-state index contributed by atoms with van der Waals surface area (Å²) in [5.74, 6) is 0. The molecule has 0 fully saturated rings. The summed E-state index contributed by atoms with van der Waals surface area (Å²) in [6, 6.07) is 63.0. The Balaban J connectivity index is 1.17. The van der Waals surface area contributed by atoms with Crippen molar-refractivity contribution < 1.29 is 5.79 Å². The maximum Gasteiger partial charge on any atom is 0.136 e. The Morgan fingerprint density at radius 1 is 0.347 bits per heavy atom. The molecule has 1 nitrogen and oxygen atoms in total. The molecule has 10 rings (SSSR count). The van der Waals surface area contributed by atoms with Crippen LogP contribution in [0.5, 0.6) is 0 Å². The molecule has 0 saturated carbocycles. The highest BCUT2D eigenvalue weighted by molar-refractivity contribution is 6.22. The van der Waals surface area contributed by atoms with Crippen LogP contribution in [0.25, 0.3) is 98.8 Å². The summed E-state index contributed by atoms with van der Waals surface area (Å²) >= 11 is 0. The van der Waals surface area contributed by atoms with Crippen LogP contribution < -0.4 is 0 Å². The molecule has 0 aliphatic rings. The summed E-state index contributed by atoms with van der Waals surface area (Å²) in [4.78, 5) is 0. The van der Waals surface area contributed by atoms with Gasteiger partial charge in [-0.25, -0.2) is 0 Å². The van der Waals surface area contributed by atoms with E-state index in [2.05, 4.69) is 158 Å². The van der Waals surface area contributed by atoms with Crippen molar-refractivity contribution in [1.29, 1.82) is 0 Å². The summed E-state index contributed by atoms with van der Waals surface area (Å²) in [5.41, 5.74) is 11.3. The first kappa shape index (κ1) is 26.6. The highest BCUT2D eigenvalue weighted by Gasteiger charge is 2.18. The second-order valence-electron chi connectivity index (χ2n) is 12.8. The molecule has 1 aromatic heterocycles. The molecular formula is C48H30O. The van der Waals surface area contributed by atoms with Crippen LogP contribution in [0.4, 0.5) is 0 Å². The minimum Gasteiger partial charge on any atom is -0.456 e. The summed E-state index contributed by atoms with van der Waals surface area (Å²) < 4.78 is 14.6. The van der Waals surface area contributed by atoms with Crippen molar-refractivity contribution in [3.8, 4) is 44.5 Å². The lowest BCUT2D eigenvalue weighted by atomic mass is 9.85. The highest BCUT2D eigenvalue weighted by atomic mass is 16.3. The number of furan rings is 1. The van der Waals surface area contributed by atoms with Gasteiger partial charge in [0.2, 0.25) is 0 Å². The Labute approximate surface area is 285 Å². The van der Waals surface area contributed by atoms with E-state index in [1.165, 1.54) is 49.4 Å². The van der Waals surface area contributed by atoms with Crippen LogP contribution in [0.15, 0.2) is 186 Å². The third kappa shape index (κ3) is 4.47. The van der Waals surface area contributed by atoms with Gasteiger partial charge in [-0.15, -0.1) is 0 Å². The molecule has 0 aliphatic carbocycles. The lowest BCUT2D eigenvalue weighted by molar-refractivity contribution is 0.669. The normalized spacial score (nSPS) is 12.0. The third-order valence-electron chi connectivity index (χ3n) is 9.97. The molecular weight excluding hydrogens is 593 g/mol. The fraction of sp³-hybridized carbons (Fsp3) is 0. The van der Waals surface area contributed by atoms with Crippen LogP contribution in [-0.4, -0.2) is 0 Å². The number of fused-ring (bicyclic) bond motifs is 6. The van der Waals surface area contributed by atoms with E-state index < -0.39 is 0 Å². The van der Waals surface area contributed by atoms with Gasteiger partial charge in [-0.1, -0.05) is 152 Å². The van der Waals surface area contributed by atoms with Gasteiger partial charge in [-0.2, -0.15) is 0 Å². The minimum atomic E-state index is 0.530. The zero-order valence-electron chi connectivity index (χ0n) is 27.7. The van der Waals surface area contributed by atoms with Gasteiger partial charge in [0.15, 0.2) is 0 Å². The molecule has 9 aromatic carbocycles. The Kier molecular flexibility index (Phi) is 6.02. The van der Waals surface area contributed by atoms with Crippen molar-refractivity contribution in [2.24, 2.45) is 0 Å². The van der Waals surface area contributed by atoms with E-state index >= 15 is 0 Å². The van der Waals surface area contributed by atoms with E-state index in [1.807, 2.05) is 18.2 Å². The molecule has 1 heterocycles. The molecule has 0 saturated heterocycles. The van der Waals surface area contributed by atoms with Crippen molar-refractivity contribution in [1.82, 2.24) is 0 Å². The topological polar surface area (TPSA) is 13.1 Å². The van der Waals surface area contributed by atoms with Crippen LogP contribution in [0.2, 0.25) is 0 Å². The fourth-order valence-electron chi connectivity index (χ4n) is 7.75. The van der Waals surface area contributed by atoms with Gasteiger partial charge in [-0.05, 0) is 107 Å². The van der Waals surface area contributed by atoms with Gasteiger partial charge in [0.1, 0.15) is 11.2 Å². The maximum atomic E-state index is 8.09. The van der Waals surface area contributed by atoms with Crippen molar-refractivity contribution in [2.45, 2.75) is 0 Å². The van der Waals surface area contributed by atoms with E-state index in [0.29, 0.717) is 6.04 Å². The molecule has 228 valence electrons. The summed E-state index contributed by atoms with van der Waals surface area (Å²) in [6.07, 6.45) is 0. The van der Waals surface area contributed by atoms with Crippen LogP contribution in [0.1, 0.15) is 1.37 Å². The predicted molar refractivity (Wildman–Crippen MR) is 208 cm³/mol. The van der Waals surface area contributed by atoms with Gasteiger partial charge < -0.3 is 4.42 Å². The second kappa shape index (κ2) is 11.1. The van der Waals surface area contributed by atoms with Crippen LogP contribution >= 0.6 is 0 Å². The molecule has 0 atom stereocenters. The molecule has 0 bridgehead atoms. The molecule has 49 heavy (non-hydrogen) atoms. The molecule has 1 heteroatoms. The van der Waals surface area contributed by atoms with Crippen molar-refractivity contribution in [2.75, 3.05) is 0 Å². The maximum absolute atomic E-state index is 8.09. The summed E-state index contributed by atoms with van der Waals surface area (Å²) in [5, 5.41) is 9.37. The van der Waals surface area contributed by atoms with E-state index in [1.54, 1.807) is 0 Å². The number of benzene rings is 9. The molecule has 10 aromatic rings. The standard InChI is InChI=1S/C48H30O/c1-2-12-31(13-3-1)34-26-27-43-45(30-34)49-44-23-11-22-38(48(43)44)35-16-10-17-36(29-35)46-39-18-6-8-20-41(39)47(42-21-9-7-19-40(42)46)37-25-24-32-14-4-5-15-33(32)28-37/h1-30H/i4D. The van der Waals surface area contributed by atoms with Gasteiger partial charge in [-0.3, -0.25) is 0 Å². The quantitative estimate of drug-likeness (QED) is 0.178. The summed E-state index contributed by atoms with van der Waals surface area (Å²) in [7, 11) is 0. The Bertz CT molecular complexity index is 2880. The first-order chi connectivity index (χ1) is 24.7. The predicted octanol–water partition coefficient (Wildman–Crippen LogP) is 13.7. The first-order valence-electron chi connectivity index (χ1n) is 17.3. The van der Waals surface area contributed by atoms with Crippen LogP contribution in [-0.2, 0) is 0 Å². The summed E-state index contributed by atoms with van der Waals surface area (Å²) in [6.45, 7) is 0. The largest absolute Gasteiger partial charge is 0.456 e. The van der Waals surface area contributed by atoms with Crippen LogP contribution in [0.3, 0.4) is 0 Å². The minimum absolute atomic E-state index is 0.530. The molecule has 0 unspecified atom stereocenters. The Morgan fingerprint density at radius 2 is 0.980 bits per heavy atom. The third-order valence-corrected chi connectivity index (χ3v) is 9.97. The van der Waals surface area contributed by atoms with Crippen molar-refractivity contribution >= 4 is 54.3 Å². The molecule has 0 N–H and O–H groups in total. The Hall–Kier alpha value is -6.44. The molecule has 0 radical (unpaired) electrons. The van der Waals surface area contributed by atoms with Gasteiger partial charge >= 0.3 is 0 Å². The molecule has 0 spiro atoms. The van der Waals surface area contributed by atoms with E-state index in [0.717, 1.165) is 49.4 Å². The highest BCUT2D eigenvalue weighted by Crippen LogP contribution is 2.45. The van der Waals surface area contributed by atoms with Crippen molar-refractivity contribution in [3.63, 3.8) is 0 Å². The SMILES string of the molecule is [2H]c1ccc2cc(-c3c4ccccc4c(-c4cccc(-c5cccc6oc7cc(-c8ccccc8)ccc7c56)c4)c4ccccc34)ccc2c1. The average Bonchev–Trinajstić information content (AvgIpc) is 3.55. The van der Waals surface area contributed by atoms with E-state index in [9.17, 15) is 0 Å². The van der Waals surface area contributed by atoms with E-state index in [4.69, 9.17) is 5.79 Å². The van der Waals surface area contributed by atoms with Crippen LogP contribution in [0, 0.1) is 0 Å². The zero-order valence-corrected chi connectivity index (χ0v) is 26.7.